The molecule has 3 rings (SSSR count). The van der Waals surface area contributed by atoms with Crippen molar-refractivity contribution < 1.29 is 23.2 Å². The molecule has 0 saturated heterocycles. The summed E-state index contributed by atoms with van der Waals surface area (Å²) in [6, 6.07) is 8.22. The van der Waals surface area contributed by atoms with Crippen LogP contribution in [0.25, 0.3) is 16.9 Å². The van der Waals surface area contributed by atoms with Crippen LogP contribution in [0.4, 0.5) is 8.78 Å². The fourth-order valence-corrected chi connectivity index (χ4v) is 3.45. The Morgan fingerprint density at radius 3 is 2.55 bits per heavy atom. The molecule has 3 aromatic rings. The van der Waals surface area contributed by atoms with Crippen molar-refractivity contribution in [3.05, 3.63) is 47.8 Å². The topological polar surface area (TPSA) is 73.0 Å². The smallest absolute Gasteiger partial charge is 0.280 e. The number of methoxy groups -OCH3 is 1. The van der Waals surface area contributed by atoms with Gasteiger partial charge >= 0.3 is 0 Å². The molecule has 1 amide bonds. The number of halogens is 2. The van der Waals surface area contributed by atoms with Gasteiger partial charge in [0, 0.05) is 18.5 Å². The summed E-state index contributed by atoms with van der Waals surface area (Å²) in [7, 11) is 1.55. The largest absolute Gasteiger partial charge is 0.497 e. The summed E-state index contributed by atoms with van der Waals surface area (Å²) < 4.78 is 33.6. The third-order valence-electron chi connectivity index (χ3n) is 5.35. The highest BCUT2D eigenvalue weighted by molar-refractivity contribution is 5.99. The summed E-state index contributed by atoms with van der Waals surface area (Å²) in [5.41, 5.74) is 0.938. The third kappa shape index (κ3) is 5.16. The molecule has 0 bridgehead atoms. The lowest BCUT2D eigenvalue weighted by atomic mass is 10.1. The standard InChI is InChI=1S/C22H27F2N5O2/c1-4-28(5-2)12-6-11-25-22(30)17-14-26-29-19(20(23)24)13-18(27-21(17)29)15-7-9-16(31-3)10-8-15/h7-10,13-14,20H,4-6,11-12H2,1-3H3,(H,25,30)/p+1. The number of aromatic nitrogens is 3. The fraction of sp³-hybridized carbons (Fsp3) is 0.409. The van der Waals surface area contributed by atoms with Crippen molar-refractivity contribution in [2.45, 2.75) is 26.7 Å². The van der Waals surface area contributed by atoms with Crippen molar-refractivity contribution in [2.24, 2.45) is 0 Å². The van der Waals surface area contributed by atoms with Gasteiger partial charge in [0.2, 0.25) is 0 Å². The van der Waals surface area contributed by atoms with Crippen LogP contribution in [0.1, 0.15) is 42.7 Å². The van der Waals surface area contributed by atoms with E-state index in [-0.39, 0.29) is 22.8 Å². The van der Waals surface area contributed by atoms with Gasteiger partial charge in [-0.2, -0.15) is 5.10 Å². The number of rotatable bonds is 10. The van der Waals surface area contributed by atoms with Crippen LogP contribution in [0.3, 0.4) is 0 Å². The van der Waals surface area contributed by atoms with Gasteiger partial charge < -0.3 is 15.0 Å². The monoisotopic (exact) mass is 432 g/mol. The van der Waals surface area contributed by atoms with E-state index in [4.69, 9.17) is 4.74 Å². The first kappa shape index (κ1) is 22.6. The average Bonchev–Trinajstić information content (AvgIpc) is 3.22. The first-order valence-electron chi connectivity index (χ1n) is 10.4. The lowest BCUT2D eigenvalue weighted by molar-refractivity contribution is -0.896. The van der Waals surface area contributed by atoms with Crippen LogP contribution < -0.4 is 15.0 Å². The molecule has 166 valence electrons. The maximum atomic E-state index is 13.7. The van der Waals surface area contributed by atoms with Crippen LogP contribution in [0, 0.1) is 0 Å². The van der Waals surface area contributed by atoms with E-state index in [9.17, 15) is 13.6 Å². The maximum absolute atomic E-state index is 13.7. The van der Waals surface area contributed by atoms with Gasteiger partial charge in [-0.15, -0.1) is 0 Å². The summed E-state index contributed by atoms with van der Waals surface area (Å²) >= 11 is 0. The van der Waals surface area contributed by atoms with Crippen molar-refractivity contribution in [3.8, 4) is 17.0 Å². The van der Waals surface area contributed by atoms with E-state index in [1.54, 1.807) is 31.4 Å². The van der Waals surface area contributed by atoms with Gasteiger partial charge in [-0.1, -0.05) is 0 Å². The van der Waals surface area contributed by atoms with Gasteiger partial charge in [-0.25, -0.2) is 18.3 Å². The molecule has 0 saturated carbocycles. The SMILES string of the molecule is CC[NH+](CC)CCCNC(=O)c1cnn2c(C(F)F)cc(-c3ccc(OC)cc3)nc12. The zero-order valence-electron chi connectivity index (χ0n) is 18.0. The number of hydrogen-bond donors (Lipinski definition) is 2. The third-order valence-corrected chi connectivity index (χ3v) is 5.35. The van der Waals surface area contributed by atoms with Crippen molar-refractivity contribution in [1.29, 1.82) is 0 Å². The second-order valence-corrected chi connectivity index (χ2v) is 7.21. The van der Waals surface area contributed by atoms with Crippen molar-refractivity contribution >= 4 is 11.6 Å². The fourth-order valence-electron chi connectivity index (χ4n) is 3.45. The highest BCUT2D eigenvalue weighted by Crippen LogP contribution is 2.27. The first-order chi connectivity index (χ1) is 15.0. The van der Waals surface area contributed by atoms with Crippen LogP contribution in [0.2, 0.25) is 0 Å². The molecule has 0 radical (unpaired) electrons. The minimum Gasteiger partial charge on any atom is -0.497 e. The first-order valence-corrected chi connectivity index (χ1v) is 10.4. The van der Waals surface area contributed by atoms with Crippen molar-refractivity contribution in [2.75, 3.05) is 33.3 Å². The molecule has 7 nitrogen and oxygen atoms in total. The van der Waals surface area contributed by atoms with Crippen LogP contribution in [0.5, 0.6) is 5.75 Å². The Morgan fingerprint density at radius 1 is 1.23 bits per heavy atom. The van der Waals surface area contributed by atoms with E-state index < -0.39 is 6.43 Å². The zero-order valence-corrected chi connectivity index (χ0v) is 18.0. The quantitative estimate of drug-likeness (QED) is 0.483. The van der Waals surface area contributed by atoms with Crippen LogP contribution in [0.15, 0.2) is 36.5 Å². The molecule has 0 atom stereocenters. The van der Waals surface area contributed by atoms with Crippen LogP contribution in [-0.4, -0.2) is 53.8 Å². The van der Waals surface area contributed by atoms with Gasteiger partial charge in [-0.05, 0) is 44.2 Å². The number of amides is 1. The van der Waals surface area contributed by atoms with E-state index in [2.05, 4.69) is 29.2 Å². The summed E-state index contributed by atoms with van der Waals surface area (Å²) in [5, 5.41) is 6.85. The molecule has 0 unspecified atom stereocenters. The molecule has 2 N–H and O–H groups in total. The van der Waals surface area contributed by atoms with Gasteiger partial charge in [0.25, 0.3) is 12.3 Å². The lowest BCUT2D eigenvalue weighted by Gasteiger charge is -2.15. The maximum Gasteiger partial charge on any atom is 0.280 e. The number of nitrogens with one attached hydrogen (secondary N) is 2. The van der Waals surface area contributed by atoms with Gasteiger partial charge in [0.15, 0.2) is 5.65 Å². The second-order valence-electron chi connectivity index (χ2n) is 7.21. The zero-order chi connectivity index (χ0) is 22.4. The Morgan fingerprint density at radius 2 is 1.94 bits per heavy atom. The van der Waals surface area contributed by atoms with E-state index in [1.165, 1.54) is 17.2 Å². The normalized spacial score (nSPS) is 11.5. The van der Waals surface area contributed by atoms with Crippen LogP contribution >= 0.6 is 0 Å². The number of hydrogen-bond acceptors (Lipinski definition) is 4. The van der Waals surface area contributed by atoms with Gasteiger partial charge in [0.1, 0.15) is 17.0 Å². The molecule has 0 aliphatic heterocycles. The molecule has 2 aromatic heterocycles. The summed E-state index contributed by atoms with van der Waals surface area (Å²) in [6.45, 7) is 7.78. The number of carbonyl (C=O) groups is 1. The Balaban J connectivity index is 1.87. The number of benzene rings is 1. The molecule has 0 aliphatic rings. The predicted molar refractivity (Wildman–Crippen MR) is 114 cm³/mol. The highest BCUT2D eigenvalue weighted by Gasteiger charge is 2.21. The molecule has 9 heteroatoms. The van der Waals surface area contributed by atoms with Crippen molar-refractivity contribution in [1.82, 2.24) is 19.9 Å². The number of alkyl halides is 2. The van der Waals surface area contributed by atoms with E-state index in [0.717, 1.165) is 30.6 Å². The average molecular weight is 432 g/mol. The second kappa shape index (κ2) is 10.3. The Kier molecular flexibility index (Phi) is 7.51. The number of fused-ring (bicyclic) bond motifs is 1. The van der Waals surface area contributed by atoms with Gasteiger partial charge in [0.05, 0.1) is 38.6 Å². The van der Waals surface area contributed by atoms with E-state index in [1.807, 2.05) is 0 Å². The summed E-state index contributed by atoms with van der Waals surface area (Å²) in [5.74, 6) is 0.277. The molecule has 31 heavy (non-hydrogen) atoms. The molecule has 2 heterocycles. The molecule has 1 aromatic carbocycles. The predicted octanol–water partition coefficient (Wildman–Crippen LogP) is 2.39. The molecular formula is C22H28F2N5O2+. The number of quaternary nitrogens is 1. The Labute approximate surface area is 180 Å². The van der Waals surface area contributed by atoms with Crippen molar-refractivity contribution in [3.63, 3.8) is 0 Å². The molecule has 0 spiro atoms. The van der Waals surface area contributed by atoms with Crippen LogP contribution in [-0.2, 0) is 0 Å². The molecule has 0 fully saturated rings. The number of carbonyl (C=O) groups excluding carboxylic acids is 1. The number of nitrogens with zero attached hydrogens (tertiary/aromatic N) is 3. The van der Waals surface area contributed by atoms with E-state index in [0.29, 0.717) is 23.6 Å². The molecule has 0 aliphatic carbocycles. The Hall–Kier alpha value is -3.07. The van der Waals surface area contributed by atoms with E-state index >= 15 is 0 Å². The lowest BCUT2D eigenvalue weighted by Crippen LogP contribution is -3.11. The summed E-state index contributed by atoms with van der Waals surface area (Å²) in [6.07, 6.45) is -0.651. The molecular weight excluding hydrogens is 404 g/mol. The minimum atomic E-state index is -2.77. The highest BCUT2D eigenvalue weighted by atomic mass is 19.3. The summed E-state index contributed by atoms with van der Waals surface area (Å²) in [4.78, 5) is 18.6. The number of ether oxygens (including phenoxy) is 1. The minimum absolute atomic E-state index is 0.107. The van der Waals surface area contributed by atoms with Gasteiger partial charge in [-0.3, -0.25) is 4.79 Å². The Bertz CT molecular complexity index is 1020.